The summed E-state index contributed by atoms with van der Waals surface area (Å²) in [4.78, 5) is 25.8. The molecule has 1 atom stereocenters. The number of hydrogen-bond donors (Lipinski definition) is 1. The molecule has 9 heteroatoms. The molecule has 30 heavy (non-hydrogen) atoms. The van der Waals surface area contributed by atoms with Gasteiger partial charge in [-0.15, -0.1) is 0 Å². The van der Waals surface area contributed by atoms with Crippen molar-refractivity contribution in [2.75, 3.05) is 20.8 Å². The van der Waals surface area contributed by atoms with Crippen LogP contribution in [-0.4, -0.2) is 49.3 Å². The number of aliphatic imine (C=N–C) groups is 1. The van der Waals surface area contributed by atoms with Crippen molar-refractivity contribution < 1.29 is 19.1 Å². The van der Waals surface area contributed by atoms with E-state index in [0.717, 1.165) is 12.0 Å². The molecule has 0 aliphatic carbocycles. The summed E-state index contributed by atoms with van der Waals surface area (Å²) in [6.07, 6.45) is 2.53. The van der Waals surface area contributed by atoms with Gasteiger partial charge in [0.1, 0.15) is 25.3 Å². The molecule has 0 saturated heterocycles. The van der Waals surface area contributed by atoms with Crippen molar-refractivity contribution in [2.24, 2.45) is 10.1 Å². The predicted octanol–water partition coefficient (Wildman–Crippen LogP) is 2.97. The van der Waals surface area contributed by atoms with Crippen molar-refractivity contribution in [2.45, 2.75) is 26.0 Å². The number of ether oxygens (including phenoxy) is 2. The molecule has 0 fully saturated rings. The van der Waals surface area contributed by atoms with Crippen LogP contribution in [0.1, 0.15) is 30.0 Å². The van der Waals surface area contributed by atoms with Gasteiger partial charge in [-0.05, 0) is 18.1 Å². The highest BCUT2D eigenvalue weighted by Crippen LogP contribution is 2.26. The molecule has 0 saturated carbocycles. The monoisotopic (exact) mass is 430 g/mol. The second-order valence-corrected chi connectivity index (χ2v) is 6.87. The largest absolute Gasteiger partial charge is 0.475 e. The minimum Gasteiger partial charge on any atom is -0.475 e. The number of halogens is 1. The molecule has 0 bridgehead atoms. The Bertz CT molecular complexity index is 977. The molecular weight excluding hydrogens is 408 g/mol. The van der Waals surface area contributed by atoms with Gasteiger partial charge in [-0.2, -0.15) is 0 Å². The van der Waals surface area contributed by atoms with E-state index in [-0.39, 0.29) is 30.1 Å². The van der Waals surface area contributed by atoms with Crippen molar-refractivity contribution in [3.8, 4) is 5.88 Å². The molecule has 0 radical (unpaired) electrons. The van der Waals surface area contributed by atoms with Crippen LogP contribution < -0.4 is 10.1 Å². The smallest absolute Gasteiger partial charge is 0.273 e. The van der Waals surface area contributed by atoms with Crippen LogP contribution in [0.3, 0.4) is 0 Å². The fraction of sp³-hybridized carbons (Fsp3) is 0.333. The van der Waals surface area contributed by atoms with Gasteiger partial charge in [0.25, 0.3) is 5.91 Å². The average molecular weight is 431 g/mol. The quantitative estimate of drug-likeness (QED) is 0.513. The SMILES string of the molecule is CCC1COC(c2cnc(OCc3ccccc3C(=NOC)C(=O)NC)c(Cl)c2)=N1. The number of likely N-dealkylation sites (N-methyl/N-ethyl adjacent to an activating group) is 1. The lowest BCUT2D eigenvalue weighted by Gasteiger charge is -2.12. The first kappa shape index (κ1) is 21.6. The molecule has 1 N–H and O–H groups in total. The number of oxime groups is 1. The topological polar surface area (TPSA) is 94.4 Å². The van der Waals surface area contributed by atoms with E-state index >= 15 is 0 Å². The Morgan fingerprint density at radius 1 is 1.40 bits per heavy atom. The van der Waals surface area contributed by atoms with Crippen LogP contribution in [0, 0.1) is 0 Å². The van der Waals surface area contributed by atoms with E-state index in [2.05, 4.69) is 27.4 Å². The van der Waals surface area contributed by atoms with Gasteiger partial charge in [0.2, 0.25) is 11.8 Å². The third kappa shape index (κ3) is 4.88. The molecule has 1 aliphatic heterocycles. The maximum Gasteiger partial charge on any atom is 0.273 e. The third-order valence-electron chi connectivity index (χ3n) is 4.50. The molecule has 1 unspecified atom stereocenters. The van der Waals surface area contributed by atoms with Crippen LogP contribution >= 0.6 is 11.6 Å². The van der Waals surface area contributed by atoms with Crippen LogP contribution in [0.15, 0.2) is 46.7 Å². The van der Waals surface area contributed by atoms with Gasteiger partial charge in [0.05, 0.1) is 11.6 Å². The highest BCUT2D eigenvalue weighted by atomic mass is 35.5. The van der Waals surface area contributed by atoms with E-state index in [4.69, 9.17) is 25.9 Å². The normalized spacial score (nSPS) is 15.9. The number of carbonyl (C=O) groups is 1. The highest BCUT2D eigenvalue weighted by molar-refractivity contribution is 6.45. The molecule has 0 spiro atoms. The van der Waals surface area contributed by atoms with E-state index in [0.29, 0.717) is 28.7 Å². The standard InChI is InChI=1S/C21H23ClN4O4/c1-4-15-12-30-20(25-15)14-9-17(22)21(24-10-14)29-11-13-7-5-6-8-16(13)18(26-28-3)19(27)23-2/h5-10,15H,4,11-12H2,1-3H3,(H,23,27). The summed E-state index contributed by atoms with van der Waals surface area (Å²) in [6.45, 7) is 2.76. The van der Waals surface area contributed by atoms with Gasteiger partial charge in [0.15, 0.2) is 5.71 Å². The molecule has 1 aromatic heterocycles. The Hall–Kier alpha value is -3.13. The highest BCUT2D eigenvalue weighted by Gasteiger charge is 2.21. The lowest BCUT2D eigenvalue weighted by atomic mass is 10.0. The average Bonchev–Trinajstić information content (AvgIpc) is 3.26. The Balaban J connectivity index is 1.78. The first-order valence-electron chi connectivity index (χ1n) is 9.48. The molecule has 158 valence electrons. The van der Waals surface area contributed by atoms with Gasteiger partial charge in [-0.25, -0.2) is 9.98 Å². The molecule has 1 amide bonds. The second kappa shape index (κ2) is 10.1. The Kier molecular flexibility index (Phi) is 7.24. The molecule has 3 rings (SSSR count). The van der Waals surface area contributed by atoms with Crippen LogP contribution in [-0.2, 0) is 21.0 Å². The zero-order valence-corrected chi connectivity index (χ0v) is 17.8. The first-order chi connectivity index (χ1) is 14.6. The number of benzene rings is 1. The number of rotatable bonds is 8. The lowest BCUT2D eigenvalue weighted by Crippen LogP contribution is -2.29. The van der Waals surface area contributed by atoms with Crippen molar-refractivity contribution in [1.29, 1.82) is 0 Å². The summed E-state index contributed by atoms with van der Waals surface area (Å²) in [5, 5.41) is 6.74. The minimum atomic E-state index is -0.368. The molecular formula is C21H23ClN4O4. The van der Waals surface area contributed by atoms with Crippen LogP contribution in [0.4, 0.5) is 0 Å². The summed E-state index contributed by atoms with van der Waals surface area (Å²) in [5.74, 6) is 0.442. The molecule has 1 aromatic carbocycles. The summed E-state index contributed by atoms with van der Waals surface area (Å²) in [5.41, 5.74) is 2.17. The van der Waals surface area contributed by atoms with Gasteiger partial charge >= 0.3 is 0 Å². The molecule has 2 heterocycles. The van der Waals surface area contributed by atoms with E-state index in [1.807, 2.05) is 12.1 Å². The Morgan fingerprint density at radius 2 is 2.20 bits per heavy atom. The van der Waals surface area contributed by atoms with Crippen molar-refractivity contribution in [3.05, 3.63) is 58.2 Å². The van der Waals surface area contributed by atoms with Crippen molar-refractivity contribution >= 4 is 29.1 Å². The minimum absolute atomic E-state index is 0.136. The van der Waals surface area contributed by atoms with E-state index in [9.17, 15) is 4.79 Å². The molecule has 2 aromatic rings. The summed E-state index contributed by atoms with van der Waals surface area (Å²) < 4.78 is 11.4. The number of nitrogens with zero attached hydrogens (tertiary/aromatic N) is 3. The van der Waals surface area contributed by atoms with E-state index in [1.54, 1.807) is 24.4 Å². The maximum atomic E-state index is 12.2. The first-order valence-corrected chi connectivity index (χ1v) is 9.86. The predicted molar refractivity (Wildman–Crippen MR) is 114 cm³/mol. The van der Waals surface area contributed by atoms with E-state index in [1.165, 1.54) is 14.2 Å². The lowest BCUT2D eigenvalue weighted by molar-refractivity contribution is -0.114. The zero-order valence-electron chi connectivity index (χ0n) is 17.0. The summed E-state index contributed by atoms with van der Waals surface area (Å²) >= 11 is 6.36. The fourth-order valence-corrected chi connectivity index (χ4v) is 3.10. The van der Waals surface area contributed by atoms with Crippen LogP contribution in [0.5, 0.6) is 5.88 Å². The zero-order chi connectivity index (χ0) is 21.5. The number of carbonyl (C=O) groups excluding carboxylic acids is 1. The molecule has 1 aliphatic rings. The van der Waals surface area contributed by atoms with Gasteiger partial charge in [-0.3, -0.25) is 4.79 Å². The van der Waals surface area contributed by atoms with Crippen LogP contribution in [0.2, 0.25) is 5.02 Å². The number of amides is 1. The van der Waals surface area contributed by atoms with E-state index < -0.39 is 0 Å². The number of hydrogen-bond acceptors (Lipinski definition) is 7. The number of nitrogens with one attached hydrogen (secondary N) is 1. The Morgan fingerprint density at radius 3 is 2.87 bits per heavy atom. The Labute approximate surface area is 179 Å². The van der Waals surface area contributed by atoms with Crippen molar-refractivity contribution in [1.82, 2.24) is 10.3 Å². The van der Waals surface area contributed by atoms with Crippen LogP contribution in [0.25, 0.3) is 0 Å². The summed E-state index contributed by atoms with van der Waals surface area (Å²) in [7, 11) is 2.91. The fourth-order valence-electron chi connectivity index (χ4n) is 2.88. The van der Waals surface area contributed by atoms with Gasteiger partial charge < -0.3 is 19.6 Å². The maximum absolute atomic E-state index is 12.2. The third-order valence-corrected chi connectivity index (χ3v) is 4.77. The number of aromatic nitrogens is 1. The van der Waals surface area contributed by atoms with Gasteiger partial charge in [0, 0.05) is 18.8 Å². The molecule has 8 nitrogen and oxygen atoms in total. The van der Waals surface area contributed by atoms with Gasteiger partial charge in [-0.1, -0.05) is 47.9 Å². The second-order valence-electron chi connectivity index (χ2n) is 6.47. The summed E-state index contributed by atoms with van der Waals surface area (Å²) in [6, 6.07) is 9.12. The van der Waals surface area contributed by atoms with Crippen molar-refractivity contribution in [3.63, 3.8) is 0 Å². The number of pyridine rings is 1.